The van der Waals surface area contributed by atoms with E-state index in [1.54, 1.807) is 7.11 Å². The van der Waals surface area contributed by atoms with Crippen LogP contribution in [-0.2, 0) is 11.2 Å². The van der Waals surface area contributed by atoms with E-state index < -0.39 is 0 Å². The van der Waals surface area contributed by atoms with Crippen molar-refractivity contribution in [3.8, 4) is 11.5 Å². The zero-order chi connectivity index (χ0) is 20.9. The van der Waals surface area contributed by atoms with Crippen molar-refractivity contribution in [2.45, 2.75) is 37.8 Å². The molecule has 1 unspecified atom stereocenters. The molecule has 6 heteroatoms. The summed E-state index contributed by atoms with van der Waals surface area (Å²) in [4.78, 5) is 16.7. The summed E-state index contributed by atoms with van der Waals surface area (Å²) in [5, 5.41) is 0. The van der Waals surface area contributed by atoms with Gasteiger partial charge in [-0.15, -0.1) is 0 Å². The van der Waals surface area contributed by atoms with Gasteiger partial charge in [0.05, 0.1) is 25.8 Å². The summed E-state index contributed by atoms with van der Waals surface area (Å²) in [5.74, 6) is 1.59. The third kappa shape index (κ3) is 4.54. The second kappa shape index (κ2) is 9.39. The second-order valence-corrected chi connectivity index (χ2v) is 8.09. The molecule has 2 fully saturated rings. The predicted molar refractivity (Wildman–Crippen MR) is 118 cm³/mol. The van der Waals surface area contributed by atoms with Crippen LogP contribution in [-0.4, -0.2) is 56.2 Å². The number of rotatable bonds is 7. The van der Waals surface area contributed by atoms with Gasteiger partial charge in [0.1, 0.15) is 0 Å². The quantitative estimate of drug-likeness (QED) is 0.762. The topological polar surface area (TPSA) is 68.0 Å². The molecule has 1 amide bonds. The van der Waals surface area contributed by atoms with Crippen molar-refractivity contribution in [2.75, 3.05) is 38.2 Å². The number of nitrogens with two attached hydrogens (primary N) is 1. The molecule has 2 N–H and O–H groups in total. The molecule has 0 bridgehead atoms. The molecule has 1 saturated heterocycles. The molecule has 160 valence electrons. The number of anilines is 1. The lowest BCUT2D eigenvalue weighted by Crippen LogP contribution is -2.57. The molecule has 1 atom stereocenters. The number of ether oxygens (including phenoxy) is 2. The molecule has 6 nitrogen and oxygen atoms in total. The highest BCUT2D eigenvalue weighted by molar-refractivity contribution is 5.79. The lowest BCUT2D eigenvalue weighted by molar-refractivity contribution is -0.132. The molecular weight excluding hydrogens is 378 g/mol. The molecule has 2 aliphatic rings. The Balaban J connectivity index is 1.54. The van der Waals surface area contributed by atoms with Gasteiger partial charge in [-0.3, -0.25) is 4.79 Å². The van der Waals surface area contributed by atoms with Crippen LogP contribution in [0.1, 0.15) is 24.8 Å². The third-order valence-electron chi connectivity index (χ3n) is 6.15. The van der Waals surface area contributed by atoms with Crippen LogP contribution in [0.3, 0.4) is 0 Å². The molecule has 2 aromatic rings. The van der Waals surface area contributed by atoms with Gasteiger partial charge >= 0.3 is 0 Å². The van der Waals surface area contributed by atoms with E-state index >= 15 is 0 Å². The molecule has 4 rings (SSSR count). The standard InChI is InChI=1S/C24H31N3O3/c1-29-22-11-10-19(15-23(22)30-21-8-5-9-21)26-12-13-27(24(28)16-25)20(17-26)14-18-6-3-2-4-7-18/h2-4,6-7,10-11,15,20-21H,5,8-9,12-14,16-17,25H2,1H3. The van der Waals surface area contributed by atoms with Gasteiger partial charge in [0, 0.05) is 31.4 Å². The van der Waals surface area contributed by atoms with E-state index in [4.69, 9.17) is 15.2 Å². The van der Waals surface area contributed by atoms with Crippen molar-refractivity contribution in [3.63, 3.8) is 0 Å². The Morgan fingerprint density at radius 3 is 2.57 bits per heavy atom. The summed E-state index contributed by atoms with van der Waals surface area (Å²) < 4.78 is 11.7. The van der Waals surface area contributed by atoms with E-state index in [1.165, 1.54) is 12.0 Å². The Morgan fingerprint density at radius 1 is 1.10 bits per heavy atom. The number of hydrogen-bond donors (Lipinski definition) is 1. The second-order valence-electron chi connectivity index (χ2n) is 8.09. The van der Waals surface area contributed by atoms with Gasteiger partial charge in [-0.1, -0.05) is 30.3 Å². The predicted octanol–water partition coefficient (Wildman–Crippen LogP) is 2.85. The Hall–Kier alpha value is -2.73. The molecule has 1 saturated carbocycles. The first-order valence-electron chi connectivity index (χ1n) is 10.8. The van der Waals surface area contributed by atoms with E-state index in [0.717, 1.165) is 49.5 Å². The summed E-state index contributed by atoms with van der Waals surface area (Å²) in [6, 6.07) is 16.5. The van der Waals surface area contributed by atoms with E-state index in [0.29, 0.717) is 12.6 Å². The first-order valence-corrected chi connectivity index (χ1v) is 10.8. The molecule has 1 heterocycles. The van der Waals surface area contributed by atoms with Gasteiger partial charge < -0.3 is 25.0 Å². The van der Waals surface area contributed by atoms with Crippen molar-refractivity contribution >= 4 is 11.6 Å². The minimum absolute atomic E-state index is 0.0133. The molecule has 1 aliphatic carbocycles. The van der Waals surface area contributed by atoms with Gasteiger partial charge in [0.15, 0.2) is 11.5 Å². The highest BCUT2D eigenvalue weighted by Gasteiger charge is 2.30. The van der Waals surface area contributed by atoms with Crippen molar-refractivity contribution in [1.29, 1.82) is 0 Å². The van der Waals surface area contributed by atoms with E-state index in [9.17, 15) is 4.79 Å². The average molecular weight is 410 g/mol. The Labute approximate surface area is 178 Å². The van der Waals surface area contributed by atoms with Crippen LogP contribution in [0, 0.1) is 0 Å². The summed E-state index contributed by atoms with van der Waals surface area (Å²) in [7, 11) is 1.68. The number of methoxy groups -OCH3 is 1. The number of piperazine rings is 1. The van der Waals surface area contributed by atoms with Crippen LogP contribution in [0.4, 0.5) is 5.69 Å². The van der Waals surface area contributed by atoms with Crippen molar-refractivity contribution in [1.82, 2.24) is 4.90 Å². The minimum atomic E-state index is 0.0133. The molecular formula is C24H31N3O3. The zero-order valence-electron chi connectivity index (χ0n) is 17.6. The van der Waals surface area contributed by atoms with Crippen LogP contribution in [0.15, 0.2) is 48.5 Å². The van der Waals surface area contributed by atoms with Gasteiger partial charge in [0.25, 0.3) is 0 Å². The molecule has 30 heavy (non-hydrogen) atoms. The lowest BCUT2D eigenvalue weighted by Gasteiger charge is -2.42. The van der Waals surface area contributed by atoms with Gasteiger partial charge in [-0.2, -0.15) is 0 Å². The first kappa shape index (κ1) is 20.5. The van der Waals surface area contributed by atoms with Crippen LogP contribution in [0.25, 0.3) is 0 Å². The van der Waals surface area contributed by atoms with Gasteiger partial charge in [0.2, 0.25) is 5.91 Å². The minimum Gasteiger partial charge on any atom is -0.493 e. The lowest BCUT2D eigenvalue weighted by atomic mass is 9.96. The largest absolute Gasteiger partial charge is 0.493 e. The van der Waals surface area contributed by atoms with Gasteiger partial charge in [-0.25, -0.2) is 0 Å². The number of nitrogens with zero attached hydrogens (tertiary/aromatic N) is 2. The Bertz CT molecular complexity index is 854. The van der Waals surface area contributed by atoms with Crippen LogP contribution < -0.4 is 20.1 Å². The maximum Gasteiger partial charge on any atom is 0.236 e. The van der Waals surface area contributed by atoms with Crippen LogP contribution >= 0.6 is 0 Å². The maximum atomic E-state index is 12.5. The van der Waals surface area contributed by atoms with E-state index in [2.05, 4.69) is 29.2 Å². The fourth-order valence-electron chi connectivity index (χ4n) is 4.22. The van der Waals surface area contributed by atoms with Crippen LogP contribution in [0.5, 0.6) is 11.5 Å². The summed E-state index contributed by atoms with van der Waals surface area (Å²) in [6.45, 7) is 2.24. The maximum absolute atomic E-state index is 12.5. The molecule has 0 aromatic heterocycles. The number of carbonyl (C=O) groups excluding carboxylic acids is 1. The van der Waals surface area contributed by atoms with Crippen molar-refractivity contribution in [2.24, 2.45) is 5.73 Å². The van der Waals surface area contributed by atoms with Crippen molar-refractivity contribution < 1.29 is 14.3 Å². The fourth-order valence-corrected chi connectivity index (χ4v) is 4.22. The highest BCUT2D eigenvalue weighted by Crippen LogP contribution is 2.36. The first-order chi connectivity index (χ1) is 14.7. The zero-order valence-corrected chi connectivity index (χ0v) is 17.6. The number of carbonyl (C=O) groups is 1. The van der Waals surface area contributed by atoms with Crippen molar-refractivity contribution in [3.05, 3.63) is 54.1 Å². The third-order valence-corrected chi connectivity index (χ3v) is 6.15. The summed E-state index contributed by atoms with van der Waals surface area (Å²) >= 11 is 0. The van der Waals surface area contributed by atoms with E-state index in [-0.39, 0.29) is 18.5 Å². The highest BCUT2D eigenvalue weighted by atomic mass is 16.5. The molecule has 2 aromatic carbocycles. The summed E-state index contributed by atoms with van der Waals surface area (Å²) in [5.41, 5.74) is 8.01. The van der Waals surface area contributed by atoms with Crippen LogP contribution in [0.2, 0.25) is 0 Å². The molecule has 0 radical (unpaired) electrons. The fraction of sp³-hybridized carbons (Fsp3) is 0.458. The number of amides is 1. The van der Waals surface area contributed by atoms with E-state index in [1.807, 2.05) is 29.2 Å². The average Bonchev–Trinajstić information content (AvgIpc) is 2.76. The number of benzene rings is 2. The normalized spacial score (nSPS) is 19.3. The summed E-state index contributed by atoms with van der Waals surface area (Å²) in [6.07, 6.45) is 4.54. The monoisotopic (exact) mass is 409 g/mol. The number of hydrogen-bond acceptors (Lipinski definition) is 5. The molecule has 0 spiro atoms. The smallest absolute Gasteiger partial charge is 0.236 e. The molecule has 1 aliphatic heterocycles. The Morgan fingerprint density at radius 2 is 1.90 bits per heavy atom. The SMILES string of the molecule is COc1ccc(N2CCN(C(=O)CN)C(Cc3ccccc3)C2)cc1OC1CCC1. The Kier molecular flexibility index (Phi) is 6.43. The van der Waals surface area contributed by atoms with Gasteiger partial charge in [-0.05, 0) is 43.4 Å².